The van der Waals surface area contributed by atoms with Gasteiger partial charge in [0.05, 0.1) is 13.5 Å². The van der Waals surface area contributed by atoms with Crippen molar-refractivity contribution in [2.75, 3.05) is 7.11 Å². The van der Waals surface area contributed by atoms with Crippen LogP contribution < -0.4 is 10.1 Å². The molecule has 194 valence electrons. The quantitative estimate of drug-likeness (QED) is 0.394. The second-order valence-electron chi connectivity index (χ2n) is 10.1. The molecule has 3 aromatic carbocycles. The SMILES string of the molecule is COc1cccc(CN(C(=O)Cc2cccc(C)c2)[C@@H](Cc2ccccc2)C(=O)NC2CCCCC2)c1. The standard InChI is InChI=1S/C32H38N2O3/c1-24-11-9-14-26(19-24)22-31(35)34(23-27-15-10-18-29(20-27)37-2)30(21-25-12-5-3-6-13-25)32(36)33-28-16-7-4-8-17-28/h3,5-6,9-15,18-20,28,30H,4,7-8,16-17,21-23H2,1-2H3,(H,33,36)/t30-/m0/s1. The highest BCUT2D eigenvalue weighted by molar-refractivity contribution is 5.89. The molecule has 37 heavy (non-hydrogen) atoms. The van der Waals surface area contributed by atoms with Crippen LogP contribution >= 0.6 is 0 Å². The van der Waals surface area contributed by atoms with E-state index in [1.54, 1.807) is 12.0 Å². The molecule has 4 rings (SSSR count). The lowest BCUT2D eigenvalue weighted by Gasteiger charge is -2.33. The zero-order valence-corrected chi connectivity index (χ0v) is 22.0. The van der Waals surface area contributed by atoms with Gasteiger partial charge in [-0.05, 0) is 48.6 Å². The van der Waals surface area contributed by atoms with Gasteiger partial charge in [-0.3, -0.25) is 9.59 Å². The van der Waals surface area contributed by atoms with Gasteiger partial charge in [0.15, 0.2) is 0 Å². The fourth-order valence-electron chi connectivity index (χ4n) is 5.16. The van der Waals surface area contributed by atoms with E-state index in [2.05, 4.69) is 5.32 Å². The molecule has 1 N–H and O–H groups in total. The Balaban J connectivity index is 1.66. The molecule has 0 aromatic heterocycles. The average molecular weight is 499 g/mol. The molecule has 0 bridgehead atoms. The fourth-order valence-corrected chi connectivity index (χ4v) is 5.16. The van der Waals surface area contributed by atoms with Crippen LogP contribution in [0.5, 0.6) is 5.75 Å². The molecular formula is C32H38N2O3. The Morgan fingerprint density at radius 1 is 0.892 bits per heavy atom. The fraction of sp³-hybridized carbons (Fsp3) is 0.375. The number of rotatable bonds is 10. The maximum absolute atomic E-state index is 13.9. The van der Waals surface area contributed by atoms with E-state index in [1.807, 2.05) is 85.8 Å². The summed E-state index contributed by atoms with van der Waals surface area (Å²) in [7, 11) is 1.63. The van der Waals surface area contributed by atoms with Gasteiger partial charge in [-0.1, -0.05) is 91.6 Å². The van der Waals surface area contributed by atoms with E-state index < -0.39 is 6.04 Å². The molecule has 0 aliphatic heterocycles. The summed E-state index contributed by atoms with van der Waals surface area (Å²) in [5, 5.41) is 3.30. The lowest BCUT2D eigenvalue weighted by molar-refractivity contribution is -0.141. The predicted molar refractivity (Wildman–Crippen MR) is 147 cm³/mol. The van der Waals surface area contributed by atoms with Gasteiger partial charge < -0.3 is 15.0 Å². The highest BCUT2D eigenvalue weighted by atomic mass is 16.5. The van der Waals surface area contributed by atoms with Crippen LogP contribution in [0.2, 0.25) is 0 Å². The lowest BCUT2D eigenvalue weighted by atomic mass is 9.94. The number of nitrogens with one attached hydrogen (secondary N) is 1. The van der Waals surface area contributed by atoms with Crippen molar-refractivity contribution in [1.82, 2.24) is 10.2 Å². The van der Waals surface area contributed by atoms with Crippen LogP contribution in [-0.2, 0) is 29.0 Å². The van der Waals surface area contributed by atoms with Gasteiger partial charge in [0.2, 0.25) is 11.8 Å². The lowest BCUT2D eigenvalue weighted by Crippen LogP contribution is -2.53. The molecule has 1 aliphatic rings. The normalized spacial score (nSPS) is 14.5. The number of hydrogen-bond donors (Lipinski definition) is 1. The van der Waals surface area contributed by atoms with Crippen LogP contribution in [-0.4, -0.2) is 35.9 Å². The van der Waals surface area contributed by atoms with Gasteiger partial charge in [-0.2, -0.15) is 0 Å². The number of hydrogen-bond acceptors (Lipinski definition) is 3. The zero-order chi connectivity index (χ0) is 26.0. The minimum atomic E-state index is -0.618. The second kappa shape index (κ2) is 13.1. The van der Waals surface area contributed by atoms with E-state index in [4.69, 9.17) is 4.74 Å². The predicted octanol–water partition coefficient (Wildman–Crippen LogP) is 5.64. The number of ether oxygens (including phenoxy) is 1. The Morgan fingerprint density at radius 3 is 2.32 bits per heavy atom. The van der Waals surface area contributed by atoms with E-state index in [-0.39, 0.29) is 24.3 Å². The summed E-state index contributed by atoms with van der Waals surface area (Å²) in [6.45, 7) is 2.36. The number of carbonyl (C=O) groups excluding carboxylic acids is 2. The third-order valence-corrected chi connectivity index (χ3v) is 7.15. The van der Waals surface area contributed by atoms with Crippen molar-refractivity contribution in [3.05, 3.63) is 101 Å². The van der Waals surface area contributed by atoms with Crippen molar-refractivity contribution < 1.29 is 14.3 Å². The van der Waals surface area contributed by atoms with E-state index in [0.29, 0.717) is 13.0 Å². The van der Waals surface area contributed by atoms with Crippen LogP contribution in [0.1, 0.15) is 54.4 Å². The molecule has 1 fully saturated rings. The van der Waals surface area contributed by atoms with Crippen molar-refractivity contribution in [2.45, 2.75) is 70.5 Å². The molecule has 0 radical (unpaired) electrons. The monoisotopic (exact) mass is 498 g/mol. The zero-order valence-electron chi connectivity index (χ0n) is 22.0. The third-order valence-electron chi connectivity index (χ3n) is 7.15. The van der Waals surface area contributed by atoms with E-state index in [1.165, 1.54) is 6.42 Å². The Bertz CT molecular complexity index is 1170. The first-order chi connectivity index (χ1) is 18.0. The summed E-state index contributed by atoms with van der Waals surface area (Å²) in [5.74, 6) is 0.597. The number of methoxy groups -OCH3 is 1. The van der Waals surface area contributed by atoms with Crippen molar-refractivity contribution in [1.29, 1.82) is 0 Å². The minimum Gasteiger partial charge on any atom is -0.497 e. The molecule has 0 spiro atoms. The van der Waals surface area contributed by atoms with Crippen LogP contribution in [0.25, 0.3) is 0 Å². The number of benzene rings is 3. The molecule has 1 atom stereocenters. The molecule has 0 unspecified atom stereocenters. The smallest absolute Gasteiger partial charge is 0.243 e. The Hall–Kier alpha value is -3.60. The van der Waals surface area contributed by atoms with Crippen molar-refractivity contribution in [3.8, 4) is 5.75 Å². The first-order valence-electron chi connectivity index (χ1n) is 13.3. The third kappa shape index (κ3) is 7.69. The number of nitrogens with zero attached hydrogens (tertiary/aromatic N) is 1. The summed E-state index contributed by atoms with van der Waals surface area (Å²) >= 11 is 0. The topological polar surface area (TPSA) is 58.6 Å². The van der Waals surface area contributed by atoms with E-state index in [0.717, 1.165) is 53.7 Å². The van der Waals surface area contributed by atoms with Crippen LogP contribution in [0.3, 0.4) is 0 Å². The molecule has 5 heteroatoms. The molecule has 1 aliphatic carbocycles. The molecular weight excluding hydrogens is 460 g/mol. The Labute approximate surface area is 220 Å². The van der Waals surface area contributed by atoms with Gasteiger partial charge in [-0.25, -0.2) is 0 Å². The molecule has 3 aromatic rings. The van der Waals surface area contributed by atoms with Gasteiger partial charge >= 0.3 is 0 Å². The first kappa shape index (κ1) is 26.5. The first-order valence-corrected chi connectivity index (χ1v) is 13.3. The summed E-state index contributed by atoms with van der Waals surface area (Å²) < 4.78 is 5.43. The van der Waals surface area contributed by atoms with Crippen molar-refractivity contribution >= 4 is 11.8 Å². The highest BCUT2D eigenvalue weighted by Gasteiger charge is 2.32. The molecule has 0 saturated heterocycles. The number of carbonyl (C=O) groups is 2. The maximum atomic E-state index is 13.9. The van der Waals surface area contributed by atoms with Crippen molar-refractivity contribution in [2.24, 2.45) is 0 Å². The van der Waals surface area contributed by atoms with Crippen LogP contribution in [0, 0.1) is 6.92 Å². The highest BCUT2D eigenvalue weighted by Crippen LogP contribution is 2.22. The Kier molecular flexibility index (Phi) is 9.36. The van der Waals surface area contributed by atoms with Crippen molar-refractivity contribution in [3.63, 3.8) is 0 Å². The van der Waals surface area contributed by atoms with E-state index >= 15 is 0 Å². The number of amides is 2. The summed E-state index contributed by atoms with van der Waals surface area (Å²) in [6.07, 6.45) is 6.18. The molecule has 1 saturated carbocycles. The summed E-state index contributed by atoms with van der Waals surface area (Å²) in [5.41, 5.74) is 4.03. The van der Waals surface area contributed by atoms with E-state index in [9.17, 15) is 9.59 Å². The summed E-state index contributed by atoms with van der Waals surface area (Å²) in [6, 6.07) is 25.3. The molecule has 5 nitrogen and oxygen atoms in total. The Morgan fingerprint density at radius 2 is 1.59 bits per heavy atom. The minimum absolute atomic E-state index is 0.0619. The largest absolute Gasteiger partial charge is 0.497 e. The van der Waals surface area contributed by atoms with Gasteiger partial charge in [-0.15, -0.1) is 0 Å². The van der Waals surface area contributed by atoms with Gasteiger partial charge in [0.1, 0.15) is 11.8 Å². The van der Waals surface area contributed by atoms with Gasteiger partial charge in [0, 0.05) is 19.0 Å². The van der Waals surface area contributed by atoms with Crippen LogP contribution in [0.4, 0.5) is 0 Å². The second-order valence-corrected chi connectivity index (χ2v) is 10.1. The number of aryl methyl sites for hydroxylation is 1. The molecule has 0 heterocycles. The maximum Gasteiger partial charge on any atom is 0.243 e. The van der Waals surface area contributed by atoms with Gasteiger partial charge in [0.25, 0.3) is 0 Å². The summed E-state index contributed by atoms with van der Waals surface area (Å²) in [4.78, 5) is 29.5. The van der Waals surface area contributed by atoms with Crippen LogP contribution in [0.15, 0.2) is 78.9 Å². The molecule has 2 amide bonds. The average Bonchev–Trinajstić information content (AvgIpc) is 2.92.